The zero-order chi connectivity index (χ0) is 18.9. The van der Waals surface area contributed by atoms with Gasteiger partial charge in [0.25, 0.3) is 0 Å². The smallest absolute Gasteiger partial charge is 0.194 e. The van der Waals surface area contributed by atoms with Crippen LogP contribution in [0.4, 0.5) is 10.1 Å². The molecule has 1 aliphatic heterocycles. The minimum absolute atomic E-state index is 0.168. The number of pyridine rings is 1. The number of nitrogens with one attached hydrogen (secondary N) is 1. The lowest BCUT2D eigenvalue weighted by Crippen LogP contribution is -2.52. The summed E-state index contributed by atoms with van der Waals surface area (Å²) in [7, 11) is 0. The van der Waals surface area contributed by atoms with Gasteiger partial charge in [-0.05, 0) is 31.2 Å². The molecule has 1 aliphatic rings. The van der Waals surface area contributed by atoms with Crippen molar-refractivity contribution in [1.82, 2.24) is 15.2 Å². The summed E-state index contributed by atoms with van der Waals surface area (Å²) in [5.41, 5.74) is 0.670. The Morgan fingerprint density at radius 1 is 1.19 bits per heavy atom. The lowest BCUT2D eigenvalue weighted by atomic mass is 10.2. The highest BCUT2D eigenvalue weighted by Gasteiger charge is 2.21. The van der Waals surface area contributed by atoms with Crippen LogP contribution < -0.4 is 15.0 Å². The van der Waals surface area contributed by atoms with Gasteiger partial charge in [0.05, 0.1) is 18.4 Å². The minimum atomic E-state index is -0.168. The van der Waals surface area contributed by atoms with Gasteiger partial charge in [0.1, 0.15) is 18.2 Å². The van der Waals surface area contributed by atoms with Crippen LogP contribution >= 0.6 is 0 Å². The van der Waals surface area contributed by atoms with Crippen molar-refractivity contribution >= 4 is 11.6 Å². The van der Waals surface area contributed by atoms with Crippen LogP contribution in [0.25, 0.3) is 0 Å². The number of aliphatic imine (C=N–C) groups is 1. The van der Waals surface area contributed by atoms with Crippen LogP contribution in [0.5, 0.6) is 5.75 Å². The summed E-state index contributed by atoms with van der Waals surface area (Å²) in [6, 6.07) is 10.7. The number of benzene rings is 1. The van der Waals surface area contributed by atoms with Gasteiger partial charge in [-0.2, -0.15) is 0 Å². The van der Waals surface area contributed by atoms with E-state index in [1.54, 1.807) is 18.5 Å². The number of hydrogen-bond acceptors (Lipinski definition) is 4. The van der Waals surface area contributed by atoms with Crippen LogP contribution in [-0.2, 0) is 0 Å². The van der Waals surface area contributed by atoms with Gasteiger partial charge in [-0.25, -0.2) is 9.38 Å². The Balaban J connectivity index is 1.52. The van der Waals surface area contributed by atoms with Crippen LogP contribution in [0.1, 0.15) is 6.92 Å². The number of nitrogens with zero attached hydrogens (tertiary/aromatic N) is 4. The fourth-order valence-electron chi connectivity index (χ4n) is 3.04. The second-order valence-electron chi connectivity index (χ2n) is 6.20. The first kappa shape index (κ1) is 18.9. The zero-order valence-electron chi connectivity index (χ0n) is 15.6. The summed E-state index contributed by atoms with van der Waals surface area (Å²) in [6.45, 7) is 7.02. The standard InChI is InChI=1S/C20H26FN5O/c1-2-23-20(24-10-15-27-17-6-5-9-22-16-17)26-13-11-25(12-14-26)19-8-4-3-7-18(19)21/h3-9,16H,2,10-15H2,1H3,(H,23,24). The lowest BCUT2D eigenvalue weighted by Gasteiger charge is -2.37. The predicted octanol–water partition coefficient (Wildman–Crippen LogP) is 2.39. The second kappa shape index (κ2) is 9.75. The zero-order valence-corrected chi connectivity index (χ0v) is 15.6. The van der Waals surface area contributed by atoms with E-state index in [2.05, 4.69) is 32.0 Å². The van der Waals surface area contributed by atoms with E-state index in [4.69, 9.17) is 4.74 Å². The van der Waals surface area contributed by atoms with Crippen molar-refractivity contribution in [3.8, 4) is 5.75 Å². The molecule has 1 aromatic heterocycles. The maximum atomic E-state index is 14.0. The number of hydrogen-bond donors (Lipinski definition) is 1. The first-order valence-electron chi connectivity index (χ1n) is 9.33. The molecule has 6 nitrogen and oxygen atoms in total. The summed E-state index contributed by atoms with van der Waals surface area (Å²) in [5.74, 6) is 1.45. The van der Waals surface area contributed by atoms with Gasteiger partial charge in [-0.15, -0.1) is 0 Å². The monoisotopic (exact) mass is 371 g/mol. The largest absolute Gasteiger partial charge is 0.490 e. The highest BCUT2D eigenvalue weighted by Crippen LogP contribution is 2.20. The molecule has 2 aromatic rings. The highest BCUT2D eigenvalue weighted by molar-refractivity contribution is 5.80. The van der Waals surface area contributed by atoms with E-state index < -0.39 is 0 Å². The molecule has 2 heterocycles. The fraction of sp³-hybridized carbons (Fsp3) is 0.400. The Labute approximate surface area is 159 Å². The molecule has 1 N–H and O–H groups in total. The van der Waals surface area contributed by atoms with E-state index in [1.165, 1.54) is 6.07 Å². The summed E-state index contributed by atoms with van der Waals surface area (Å²) in [4.78, 5) is 13.0. The Hall–Kier alpha value is -2.83. The average Bonchev–Trinajstić information content (AvgIpc) is 2.72. The molecular weight excluding hydrogens is 345 g/mol. The number of anilines is 1. The van der Waals surface area contributed by atoms with E-state index in [9.17, 15) is 4.39 Å². The summed E-state index contributed by atoms with van der Waals surface area (Å²) in [6.07, 6.45) is 3.41. The Morgan fingerprint density at radius 2 is 2.00 bits per heavy atom. The van der Waals surface area contributed by atoms with Crippen molar-refractivity contribution in [3.63, 3.8) is 0 Å². The number of para-hydroxylation sites is 1. The number of piperazine rings is 1. The summed E-state index contributed by atoms with van der Waals surface area (Å²) in [5, 5.41) is 3.33. The molecule has 0 bridgehead atoms. The molecule has 1 saturated heterocycles. The number of aromatic nitrogens is 1. The number of rotatable bonds is 6. The molecule has 1 aromatic carbocycles. The van der Waals surface area contributed by atoms with Crippen molar-refractivity contribution in [2.75, 3.05) is 50.8 Å². The minimum Gasteiger partial charge on any atom is -0.490 e. The van der Waals surface area contributed by atoms with Crippen molar-refractivity contribution in [3.05, 3.63) is 54.6 Å². The third-order valence-corrected chi connectivity index (χ3v) is 4.36. The third-order valence-electron chi connectivity index (χ3n) is 4.36. The quantitative estimate of drug-likeness (QED) is 0.480. The molecule has 0 spiro atoms. The van der Waals surface area contributed by atoms with E-state index >= 15 is 0 Å². The van der Waals surface area contributed by atoms with Crippen molar-refractivity contribution in [2.45, 2.75) is 6.92 Å². The second-order valence-corrected chi connectivity index (χ2v) is 6.20. The van der Waals surface area contributed by atoms with Gasteiger partial charge in [-0.3, -0.25) is 4.98 Å². The highest BCUT2D eigenvalue weighted by atomic mass is 19.1. The first-order valence-corrected chi connectivity index (χ1v) is 9.33. The normalized spacial score (nSPS) is 15.0. The van der Waals surface area contributed by atoms with E-state index in [1.807, 2.05) is 24.3 Å². The summed E-state index contributed by atoms with van der Waals surface area (Å²) >= 11 is 0. The molecule has 7 heteroatoms. The van der Waals surface area contributed by atoms with Gasteiger partial charge < -0.3 is 19.9 Å². The molecule has 0 unspecified atom stereocenters. The molecule has 0 atom stereocenters. The topological polar surface area (TPSA) is 53.0 Å². The van der Waals surface area contributed by atoms with Crippen LogP contribution in [0, 0.1) is 5.82 Å². The van der Waals surface area contributed by atoms with Crippen LogP contribution in [-0.4, -0.2) is 61.7 Å². The maximum absolute atomic E-state index is 14.0. The molecule has 0 amide bonds. The Kier molecular flexibility index (Phi) is 6.84. The van der Waals surface area contributed by atoms with Crippen molar-refractivity contribution < 1.29 is 9.13 Å². The van der Waals surface area contributed by atoms with Crippen LogP contribution in [0.3, 0.4) is 0 Å². The van der Waals surface area contributed by atoms with E-state index in [0.29, 0.717) is 18.8 Å². The first-order chi connectivity index (χ1) is 13.3. The SMILES string of the molecule is CCNC(=NCCOc1cccnc1)N1CCN(c2ccccc2F)CC1. The van der Waals surface area contributed by atoms with Gasteiger partial charge in [-0.1, -0.05) is 12.1 Å². The fourth-order valence-corrected chi connectivity index (χ4v) is 3.04. The molecular formula is C20H26FN5O. The average molecular weight is 371 g/mol. The number of guanidine groups is 1. The Morgan fingerprint density at radius 3 is 2.70 bits per heavy atom. The Bertz CT molecular complexity index is 732. The molecule has 144 valence electrons. The van der Waals surface area contributed by atoms with Gasteiger partial charge in [0, 0.05) is 38.9 Å². The molecule has 0 radical (unpaired) electrons. The van der Waals surface area contributed by atoms with Crippen molar-refractivity contribution in [2.24, 2.45) is 4.99 Å². The molecule has 3 rings (SSSR count). The van der Waals surface area contributed by atoms with E-state index in [0.717, 1.165) is 44.4 Å². The van der Waals surface area contributed by atoms with Gasteiger partial charge in [0.15, 0.2) is 5.96 Å². The maximum Gasteiger partial charge on any atom is 0.194 e. The van der Waals surface area contributed by atoms with Gasteiger partial charge >= 0.3 is 0 Å². The number of halogens is 1. The van der Waals surface area contributed by atoms with Crippen LogP contribution in [0.15, 0.2) is 53.8 Å². The van der Waals surface area contributed by atoms with Crippen LogP contribution in [0.2, 0.25) is 0 Å². The number of ether oxygens (including phenoxy) is 1. The van der Waals surface area contributed by atoms with Crippen molar-refractivity contribution in [1.29, 1.82) is 0 Å². The molecule has 0 aliphatic carbocycles. The lowest BCUT2D eigenvalue weighted by molar-refractivity contribution is 0.324. The molecule has 0 saturated carbocycles. The predicted molar refractivity (Wildman–Crippen MR) is 106 cm³/mol. The summed E-state index contributed by atoms with van der Waals surface area (Å²) < 4.78 is 19.6. The third kappa shape index (κ3) is 5.32. The molecule has 27 heavy (non-hydrogen) atoms. The van der Waals surface area contributed by atoms with Gasteiger partial charge in [0.2, 0.25) is 0 Å². The molecule has 1 fully saturated rings. The van der Waals surface area contributed by atoms with E-state index in [-0.39, 0.29) is 5.82 Å².